The Hall–Kier alpha value is -7.08. The smallest absolute Gasteiger partial charge is 0.0992 e. The van der Waals surface area contributed by atoms with Gasteiger partial charge in [0.2, 0.25) is 0 Å². The van der Waals surface area contributed by atoms with E-state index in [-0.39, 0.29) is 0 Å². The summed E-state index contributed by atoms with van der Waals surface area (Å²) < 4.78 is 7.04. The van der Waals surface area contributed by atoms with Crippen molar-refractivity contribution in [3.05, 3.63) is 163 Å². The minimum atomic E-state index is 0.629. The number of para-hydroxylation sites is 3. The lowest BCUT2D eigenvalue weighted by atomic mass is 10.1. The number of hydrogen-bond acceptors (Lipinski definition) is 2. The highest BCUT2D eigenvalue weighted by Gasteiger charge is 2.24. The van der Waals surface area contributed by atoms with Gasteiger partial charge in [0, 0.05) is 49.4 Å². The van der Waals surface area contributed by atoms with Crippen LogP contribution in [0.1, 0.15) is 11.1 Å². The third-order valence-electron chi connectivity index (χ3n) is 9.86. The summed E-state index contributed by atoms with van der Waals surface area (Å²) in [6.45, 7) is 0. The van der Waals surface area contributed by atoms with Gasteiger partial charge in [-0.3, -0.25) is 0 Å². The molecule has 10 rings (SSSR count). The largest absolute Gasteiger partial charge is 0.309 e. The first kappa shape index (κ1) is 27.1. The summed E-state index contributed by atoms with van der Waals surface area (Å²) >= 11 is 0. The molecule has 5 nitrogen and oxygen atoms in total. The molecule has 0 aliphatic carbocycles. The molecular formula is C44H25N5. The summed E-state index contributed by atoms with van der Waals surface area (Å²) in [5.74, 6) is 0. The fourth-order valence-corrected chi connectivity index (χ4v) is 7.89. The number of nitrogens with zero attached hydrogens (tertiary/aromatic N) is 5. The van der Waals surface area contributed by atoms with Crippen molar-refractivity contribution < 1.29 is 0 Å². The second-order valence-corrected chi connectivity index (χ2v) is 12.4. The van der Waals surface area contributed by atoms with Crippen LogP contribution in [0.4, 0.5) is 0 Å². The lowest BCUT2D eigenvalue weighted by Crippen LogP contribution is -1.96. The minimum Gasteiger partial charge on any atom is -0.309 e. The molecular weight excluding hydrogens is 599 g/mol. The molecule has 0 atom stereocenters. The molecule has 226 valence electrons. The minimum absolute atomic E-state index is 0.629. The lowest BCUT2D eigenvalue weighted by molar-refractivity contribution is 1.17. The zero-order chi connectivity index (χ0) is 32.6. The Morgan fingerprint density at radius 1 is 0.347 bits per heavy atom. The van der Waals surface area contributed by atoms with Gasteiger partial charge in [0.15, 0.2) is 0 Å². The van der Waals surface area contributed by atoms with Gasteiger partial charge in [-0.2, -0.15) is 10.5 Å². The molecule has 49 heavy (non-hydrogen) atoms. The maximum absolute atomic E-state index is 9.75. The Labute approximate surface area is 280 Å². The maximum Gasteiger partial charge on any atom is 0.0992 e. The molecule has 0 spiro atoms. The standard InChI is InChI=1S/C44H25N5/c45-26-28-17-19-31(20-18-28)47-37-15-6-4-13-35(37)41-39(47)23-21-33-34-22-24-40-42(44(34)49(43(33)41)30-10-2-1-3-11-30)36-14-5-7-16-38(36)48(40)32-12-8-9-29(25-32)27-46/h1-25H. The van der Waals surface area contributed by atoms with Crippen LogP contribution in [-0.4, -0.2) is 13.7 Å². The van der Waals surface area contributed by atoms with Gasteiger partial charge in [-0.1, -0.05) is 72.8 Å². The second kappa shape index (κ2) is 10.2. The Morgan fingerprint density at radius 2 is 0.857 bits per heavy atom. The number of rotatable bonds is 3. The number of fused-ring (bicyclic) bond motifs is 11. The van der Waals surface area contributed by atoms with Gasteiger partial charge in [0.25, 0.3) is 0 Å². The SMILES string of the molecule is N#Cc1ccc(-n2c3ccccc3c3c2ccc2c4ccc5c(c6ccccc6n5-c5cccc(C#N)c5)c4n(-c4ccccc4)c23)cc1. The van der Waals surface area contributed by atoms with Crippen LogP contribution in [0.2, 0.25) is 0 Å². The van der Waals surface area contributed by atoms with Crippen molar-refractivity contribution in [1.29, 1.82) is 10.5 Å². The van der Waals surface area contributed by atoms with Crippen LogP contribution >= 0.6 is 0 Å². The summed E-state index contributed by atoms with van der Waals surface area (Å²) in [5.41, 5.74) is 11.0. The van der Waals surface area contributed by atoms with Crippen molar-refractivity contribution in [2.24, 2.45) is 0 Å². The predicted octanol–water partition coefficient (Wildman–Crippen LogP) is 10.7. The molecule has 0 saturated carbocycles. The summed E-state index contributed by atoms with van der Waals surface area (Å²) in [7, 11) is 0. The lowest BCUT2D eigenvalue weighted by Gasteiger charge is -2.11. The molecule has 0 aliphatic rings. The van der Waals surface area contributed by atoms with E-state index in [1.54, 1.807) is 0 Å². The molecule has 3 aromatic heterocycles. The summed E-state index contributed by atoms with van der Waals surface area (Å²) in [6, 6.07) is 57.0. The fourth-order valence-electron chi connectivity index (χ4n) is 7.89. The predicted molar refractivity (Wildman–Crippen MR) is 199 cm³/mol. The van der Waals surface area contributed by atoms with Gasteiger partial charge in [-0.15, -0.1) is 0 Å². The van der Waals surface area contributed by atoms with E-state index in [0.29, 0.717) is 11.1 Å². The van der Waals surface area contributed by atoms with Crippen molar-refractivity contribution in [2.75, 3.05) is 0 Å². The van der Waals surface area contributed by atoms with E-state index in [1.807, 2.05) is 42.5 Å². The molecule has 5 heteroatoms. The van der Waals surface area contributed by atoms with Crippen LogP contribution < -0.4 is 0 Å². The van der Waals surface area contributed by atoms with Crippen LogP contribution in [0.25, 0.3) is 82.5 Å². The third kappa shape index (κ3) is 3.73. The van der Waals surface area contributed by atoms with Gasteiger partial charge >= 0.3 is 0 Å². The van der Waals surface area contributed by atoms with E-state index >= 15 is 0 Å². The summed E-state index contributed by atoms with van der Waals surface area (Å²) in [4.78, 5) is 0. The molecule has 0 saturated heterocycles. The highest BCUT2D eigenvalue weighted by molar-refractivity contribution is 6.31. The van der Waals surface area contributed by atoms with Gasteiger partial charge < -0.3 is 13.7 Å². The quantitative estimate of drug-likeness (QED) is 0.197. The zero-order valence-electron chi connectivity index (χ0n) is 26.2. The summed E-state index contributed by atoms with van der Waals surface area (Å²) in [6.07, 6.45) is 0. The Balaban J connectivity index is 1.43. The van der Waals surface area contributed by atoms with Crippen LogP contribution in [0, 0.1) is 22.7 Å². The first-order chi connectivity index (χ1) is 24.2. The van der Waals surface area contributed by atoms with E-state index in [4.69, 9.17) is 0 Å². The number of nitriles is 2. The van der Waals surface area contributed by atoms with Crippen molar-refractivity contribution in [1.82, 2.24) is 13.7 Å². The van der Waals surface area contributed by atoms with Crippen LogP contribution in [0.15, 0.2) is 152 Å². The Kier molecular flexibility index (Phi) is 5.64. The van der Waals surface area contributed by atoms with E-state index in [9.17, 15) is 10.5 Å². The Bertz CT molecular complexity index is 3050. The molecule has 0 fully saturated rings. The molecule has 0 bridgehead atoms. The highest BCUT2D eigenvalue weighted by atomic mass is 15.0. The first-order valence-electron chi connectivity index (χ1n) is 16.2. The van der Waals surface area contributed by atoms with Gasteiger partial charge in [0.05, 0.1) is 56.4 Å². The summed E-state index contributed by atoms with van der Waals surface area (Å²) in [5, 5.41) is 26.3. The van der Waals surface area contributed by atoms with E-state index in [2.05, 4.69) is 135 Å². The monoisotopic (exact) mass is 623 g/mol. The fraction of sp³-hybridized carbons (Fsp3) is 0. The van der Waals surface area contributed by atoms with Crippen molar-refractivity contribution in [2.45, 2.75) is 0 Å². The molecule has 10 aromatic rings. The van der Waals surface area contributed by atoms with E-state index in [0.717, 1.165) is 55.5 Å². The van der Waals surface area contributed by atoms with Crippen molar-refractivity contribution >= 4 is 65.4 Å². The number of hydrogen-bond donors (Lipinski definition) is 0. The molecule has 3 heterocycles. The first-order valence-corrected chi connectivity index (χ1v) is 16.2. The molecule has 0 N–H and O–H groups in total. The third-order valence-corrected chi connectivity index (χ3v) is 9.86. The van der Waals surface area contributed by atoms with Crippen LogP contribution in [-0.2, 0) is 0 Å². The van der Waals surface area contributed by atoms with Gasteiger partial charge in [-0.25, -0.2) is 0 Å². The zero-order valence-corrected chi connectivity index (χ0v) is 26.2. The maximum atomic E-state index is 9.75. The average Bonchev–Trinajstić information content (AvgIpc) is 3.81. The normalized spacial score (nSPS) is 11.6. The molecule has 0 unspecified atom stereocenters. The second-order valence-electron chi connectivity index (χ2n) is 12.4. The molecule has 0 amide bonds. The number of aromatic nitrogens is 3. The van der Waals surface area contributed by atoms with E-state index < -0.39 is 0 Å². The van der Waals surface area contributed by atoms with Gasteiger partial charge in [0.1, 0.15) is 0 Å². The topological polar surface area (TPSA) is 62.4 Å². The van der Waals surface area contributed by atoms with Gasteiger partial charge in [-0.05, 0) is 78.9 Å². The van der Waals surface area contributed by atoms with E-state index in [1.165, 1.54) is 26.9 Å². The molecule has 0 aliphatic heterocycles. The van der Waals surface area contributed by atoms with Crippen molar-refractivity contribution in [3.63, 3.8) is 0 Å². The molecule has 0 radical (unpaired) electrons. The van der Waals surface area contributed by atoms with Crippen molar-refractivity contribution in [3.8, 4) is 29.2 Å². The van der Waals surface area contributed by atoms with Crippen LogP contribution in [0.3, 0.4) is 0 Å². The Morgan fingerprint density at radius 3 is 1.45 bits per heavy atom. The van der Waals surface area contributed by atoms with Crippen LogP contribution in [0.5, 0.6) is 0 Å². The number of benzene rings is 7. The highest BCUT2D eigenvalue weighted by Crippen LogP contribution is 2.46. The average molecular weight is 624 g/mol. The molecule has 7 aromatic carbocycles.